The second-order valence-electron chi connectivity index (χ2n) is 7.46. The van der Waals surface area contributed by atoms with Gasteiger partial charge < -0.3 is 10.1 Å². The van der Waals surface area contributed by atoms with Crippen molar-refractivity contribution in [3.05, 3.63) is 81.9 Å². The third-order valence-electron chi connectivity index (χ3n) is 5.04. The van der Waals surface area contributed by atoms with E-state index < -0.39 is 28.7 Å². The number of amides is 1. The topological polar surface area (TPSA) is 86.1 Å². The van der Waals surface area contributed by atoms with Crippen LogP contribution in [0.3, 0.4) is 0 Å². The van der Waals surface area contributed by atoms with Gasteiger partial charge in [0.15, 0.2) is 5.65 Å². The van der Waals surface area contributed by atoms with E-state index in [-0.39, 0.29) is 36.4 Å². The molecule has 0 atom stereocenters. The lowest BCUT2D eigenvalue weighted by Crippen LogP contribution is -2.26. The molecule has 1 N–H and O–H groups in total. The monoisotopic (exact) mass is 468 g/mol. The molecule has 2 heterocycles. The number of nitrogens with one attached hydrogen (secondary N) is 1. The largest absolute Gasteiger partial charge is 0.462 e. The van der Waals surface area contributed by atoms with Gasteiger partial charge in [0.25, 0.3) is 5.56 Å². The minimum Gasteiger partial charge on any atom is -0.462 e. The SMILES string of the molecule is CC(=O)NCCOc1nc(-c2ccc(F)cc2C)c2ccc(=O)n(-c3c(F)cccc3F)c2n1. The van der Waals surface area contributed by atoms with Crippen molar-refractivity contribution in [1.82, 2.24) is 19.9 Å². The average Bonchev–Trinajstić information content (AvgIpc) is 2.77. The normalized spacial score (nSPS) is 11.0. The van der Waals surface area contributed by atoms with Crippen LogP contribution in [-0.2, 0) is 4.79 Å². The minimum absolute atomic E-state index is 0.00193. The number of pyridine rings is 1. The number of aryl methyl sites for hydroxylation is 1. The smallest absolute Gasteiger partial charge is 0.319 e. The van der Waals surface area contributed by atoms with Crippen LogP contribution < -0.4 is 15.6 Å². The standard InChI is InChI=1S/C24H19F3N4O3/c1-13-12-15(25)6-7-16(13)21-17-8-9-20(33)31(22-18(26)4-3-5-19(22)27)23(17)30-24(29-21)34-11-10-28-14(2)32/h3-9,12H,10-11H2,1-2H3,(H,28,32). The molecule has 0 unspecified atom stereocenters. The number of carbonyl (C=O) groups excluding carboxylic acids is 1. The molecule has 7 nitrogen and oxygen atoms in total. The lowest BCUT2D eigenvalue weighted by Gasteiger charge is -2.15. The first kappa shape index (κ1) is 23.0. The van der Waals surface area contributed by atoms with Crippen LogP contribution in [0.15, 0.2) is 53.3 Å². The fourth-order valence-corrected chi connectivity index (χ4v) is 3.55. The predicted octanol–water partition coefficient (Wildman–Crippen LogP) is 3.69. The van der Waals surface area contributed by atoms with Crippen molar-refractivity contribution in [2.45, 2.75) is 13.8 Å². The molecule has 0 saturated heterocycles. The van der Waals surface area contributed by atoms with Gasteiger partial charge in [-0.1, -0.05) is 6.07 Å². The maximum absolute atomic E-state index is 14.6. The molecule has 4 rings (SSSR count). The Labute approximate surface area is 191 Å². The number of ether oxygens (including phenoxy) is 1. The number of fused-ring (bicyclic) bond motifs is 1. The van der Waals surface area contributed by atoms with Crippen LogP contribution in [0.1, 0.15) is 12.5 Å². The summed E-state index contributed by atoms with van der Waals surface area (Å²) in [5, 5.41) is 2.86. The third kappa shape index (κ3) is 4.47. The van der Waals surface area contributed by atoms with Crippen molar-refractivity contribution in [3.8, 4) is 23.0 Å². The molecule has 0 saturated carbocycles. The molecule has 0 aliphatic carbocycles. The number of carbonyl (C=O) groups is 1. The van der Waals surface area contributed by atoms with Crippen LogP contribution in [0.4, 0.5) is 13.2 Å². The molecule has 0 aliphatic rings. The van der Waals surface area contributed by atoms with Gasteiger partial charge >= 0.3 is 6.01 Å². The maximum Gasteiger partial charge on any atom is 0.319 e. The number of para-hydroxylation sites is 1. The van der Waals surface area contributed by atoms with Gasteiger partial charge in [-0.15, -0.1) is 0 Å². The number of halogens is 3. The highest BCUT2D eigenvalue weighted by atomic mass is 19.1. The Kier molecular flexibility index (Phi) is 6.31. The van der Waals surface area contributed by atoms with Crippen molar-refractivity contribution in [1.29, 1.82) is 0 Å². The molecular weight excluding hydrogens is 449 g/mol. The van der Waals surface area contributed by atoms with E-state index in [9.17, 15) is 22.8 Å². The third-order valence-corrected chi connectivity index (χ3v) is 5.04. The van der Waals surface area contributed by atoms with Crippen molar-refractivity contribution in [3.63, 3.8) is 0 Å². The number of nitrogens with zero attached hydrogens (tertiary/aromatic N) is 3. The molecular formula is C24H19F3N4O3. The Morgan fingerprint density at radius 1 is 1.06 bits per heavy atom. The molecule has 0 radical (unpaired) electrons. The first-order valence-electron chi connectivity index (χ1n) is 10.3. The fourth-order valence-electron chi connectivity index (χ4n) is 3.55. The molecule has 0 spiro atoms. The zero-order chi connectivity index (χ0) is 24.4. The molecule has 174 valence electrons. The van der Waals surface area contributed by atoms with Crippen LogP contribution in [-0.4, -0.2) is 33.6 Å². The van der Waals surface area contributed by atoms with E-state index >= 15 is 0 Å². The van der Waals surface area contributed by atoms with Gasteiger partial charge in [-0.2, -0.15) is 9.97 Å². The molecule has 10 heteroatoms. The molecule has 0 aliphatic heterocycles. The predicted molar refractivity (Wildman–Crippen MR) is 119 cm³/mol. The Balaban J connectivity index is 1.99. The zero-order valence-corrected chi connectivity index (χ0v) is 18.2. The lowest BCUT2D eigenvalue weighted by molar-refractivity contribution is -0.119. The van der Waals surface area contributed by atoms with Crippen molar-refractivity contribution in [2.75, 3.05) is 13.2 Å². The number of aromatic nitrogens is 3. The van der Waals surface area contributed by atoms with Crippen LogP contribution in [0, 0.1) is 24.4 Å². The van der Waals surface area contributed by atoms with Crippen molar-refractivity contribution < 1.29 is 22.7 Å². The molecule has 4 aromatic rings. The number of hydrogen-bond donors (Lipinski definition) is 1. The average molecular weight is 468 g/mol. The van der Waals surface area contributed by atoms with Gasteiger partial charge in [0.2, 0.25) is 5.91 Å². The molecule has 34 heavy (non-hydrogen) atoms. The van der Waals surface area contributed by atoms with Gasteiger partial charge in [-0.25, -0.2) is 13.2 Å². The summed E-state index contributed by atoms with van der Waals surface area (Å²) in [5.41, 5.74) is -0.0787. The molecule has 2 aromatic heterocycles. The summed E-state index contributed by atoms with van der Waals surface area (Å²) in [4.78, 5) is 32.5. The quantitative estimate of drug-likeness (QED) is 0.437. The molecule has 0 fully saturated rings. The van der Waals surface area contributed by atoms with Crippen LogP contribution in [0.25, 0.3) is 28.0 Å². The van der Waals surface area contributed by atoms with E-state index in [1.54, 1.807) is 6.92 Å². The summed E-state index contributed by atoms with van der Waals surface area (Å²) in [7, 11) is 0. The Morgan fingerprint density at radius 2 is 1.79 bits per heavy atom. The summed E-state index contributed by atoms with van der Waals surface area (Å²) in [6.07, 6.45) is 0. The first-order chi connectivity index (χ1) is 16.3. The van der Waals surface area contributed by atoms with E-state index in [0.29, 0.717) is 16.5 Å². The molecule has 0 bridgehead atoms. The van der Waals surface area contributed by atoms with E-state index in [1.165, 1.54) is 37.3 Å². The van der Waals surface area contributed by atoms with E-state index in [4.69, 9.17) is 4.74 Å². The summed E-state index contributed by atoms with van der Waals surface area (Å²) in [6.45, 7) is 3.18. The lowest BCUT2D eigenvalue weighted by atomic mass is 10.0. The van der Waals surface area contributed by atoms with Gasteiger partial charge in [0.1, 0.15) is 29.7 Å². The van der Waals surface area contributed by atoms with Gasteiger partial charge in [0, 0.05) is 23.9 Å². The van der Waals surface area contributed by atoms with E-state index in [0.717, 1.165) is 22.8 Å². The maximum atomic E-state index is 14.6. The number of hydrogen-bond acceptors (Lipinski definition) is 5. The minimum atomic E-state index is -0.958. The summed E-state index contributed by atoms with van der Waals surface area (Å²) in [6, 6.07) is 9.71. The zero-order valence-electron chi connectivity index (χ0n) is 18.2. The van der Waals surface area contributed by atoms with Gasteiger partial charge in [0.05, 0.1) is 12.2 Å². The highest BCUT2D eigenvalue weighted by Gasteiger charge is 2.20. The van der Waals surface area contributed by atoms with Crippen LogP contribution in [0.5, 0.6) is 6.01 Å². The van der Waals surface area contributed by atoms with Gasteiger partial charge in [-0.3, -0.25) is 14.2 Å². The fraction of sp³-hybridized carbons (Fsp3) is 0.167. The Morgan fingerprint density at radius 3 is 2.47 bits per heavy atom. The van der Waals surface area contributed by atoms with E-state index in [2.05, 4.69) is 15.3 Å². The second kappa shape index (κ2) is 9.34. The summed E-state index contributed by atoms with van der Waals surface area (Å²) >= 11 is 0. The second-order valence-corrected chi connectivity index (χ2v) is 7.46. The van der Waals surface area contributed by atoms with E-state index in [1.807, 2.05) is 0 Å². The molecule has 2 aromatic carbocycles. The number of benzene rings is 2. The van der Waals surface area contributed by atoms with Crippen LogP contribution in [0.2, 0.25) is 0 Å². The van der Waals surface area contributed by atoms with Gasteiger partial charge in [-0.05, 0) is 48.9 Å². The highest BCUT2D eigenvalue weighted by molar-refractivity contribution is 5.92. The summed E-state index contributed by atoms with van der Waals surface area (Å²) in [5.74, 6) is -2.62. The number of rotatable bonds is 6. The highest BCUT2D eigenvalue weighted by Crippen LogP contribution is 2.31. The molecule has 1 amide bonds. The Bertz CT molecular complexity index is 1450. The summed E-state index contributed by atoms with van der Waals surface area (Å²) < 4.78 is 49.4. The first-order valence-corrected chi connectivity index (χ1v) is 10.3. The van der Waals surface area contributed by atoms with Crippen molar-refractivity contribution in [2.24, 2.45) is 0 Å². The Hall–Kier alpha value is -4.21. The van der Waals surface area contributed by atoms with Crippen LogP contribution >= 0.6 is 0 Å². The van der Waals surface area contributed by atoms with Crippen molar-refractivity contribution >= 4 is 16.9 Å².